The maximum Gasteiger partial charge on any atom is 0.141 e. The van der Waals surface area contributed by atoms with Gasteiger partial charge in [0, 0.05) is 43.7 Å². The van der Waals surface area contributed by atoms with Gasteiger partial charge in [0.2, 0.25) is 0 Å². The van der Waals surface area contributed by atoms with Gasteiger partial charge in [-0.2, -0.15) is 0 Å². The number of fused-ring (bicyclic) bond motifs is 1. The molecule has 0 bridgehead atoms. The van der Waals surface area contributed by atoms with Crippen molar-refractivity contribution in [3.63, 3.8) is 0 Å². The summed E-state index contributed by atoms with van der Waals surface area (Å²) in [6, 6.07) is 8.31. The van der Waals surface area contributed by atoms with E-state index in [0.29, 0.717) is 0 Å². The first kappa shape index (κ1) is 17.9. The molecule has 1 saturated heterocycles. The van der Waals surface area contributed by atoms with Crippen LogP contribution in [0.15, 0.2) is 30.5 Å². The quantitative estimate of drug-likeness (QED) is 0.698. The summed E-state index contributed by atoms with van der Waals surface area (Å²) in [6.07, 6.45) is 2.73. The zero-order valence-electron chi connectivity index (χ0n) is 14.5. The molecule has 0 aliphatic carbocycles. The Morgan fingerprint density at radius 3 is 2.52 bits per heavy atom. The van der Waals surface area contributed by atoms with E-state index in [1.165, 1.54) is 10.3 Å². The molecule has 3 aromatic rings. The van der Waals surface area contributed by atoms with Crippen molar-refractivity contribution in [2.45, 2.75) is 20.3 Å². The Labute approximate surface area is 158 Å². The molecule has 1 aliphatic heterocycles. The number of pyridine rings is 1. The average molecular weight is 376 g/mol. The highest BCUT2D eigenvalue weighted by Gasteiger charge is 2.22. The van der Waals surface area contributed by atoms with Crippen LogP contribution in [0.25, 0.3) is 10.2 Å². The van der Waals surface area contributed by atoms with Crippen LogP contribution in [0.4, 0.5) is 11.6 Å². The lowest BCUT2D eigenvalue weighted by Crippen LogP contribution is -2.47. The van der Waals surface area contributed by atoms with Crippen LogP contribution < -0.4 is 9.80 Å². The predicted molar refractivity (Wildman–Crippen MR) is 107 cm³/mol. The molecule has 0 spiro atoms. The van der Waals surface area contributed by atoms with E-state index in [9.17, 15) is 0 Å². The molecule has 0 atom stereocenters. The Hall–Kier alpha value is -1.92. The minimum Gasteiger partial charge on any atom is -0.353 e. The molecule has 25 heavy (non-hydrogen) atoms. The van der Waals surface area contributed by atoms with Gasteiger partial charge in [0.1, 0.15) is 22.3 Å². The number of halogens is 1. The van der Waals surface area contributed by atoms with Crippen molar-refractivity contribution in [3.8, 4) is 0 Å². The van der Waals surface area contributed by atoms with Gasteiger partial charge < -0.3 is 9.80 Å². The molecule has 5 nitrogen and oxygen atoms in total. The van der Waals surface area contributed by atoms with Gasteiger partial charge in [-0.05, 0) is 25.1 Å². The molecule has 132 valence electrons. The van der Waals surface area contributed by atoms with Gasteiger partial charge in [-0.15, -0.1) is 23.7 Å². The molecule has 4 rings (SSSR count). The molecule has 1 fully saturated rings. The van der Waals surface area contributed by atoms with Crippen molar-refractivity contribution >= 4 is 45.6 Å². The second kappa shape index (κ2) is 7.54. The number of thiophene rings is 1. The van der Waals surface area contributed by atoms with E-state index in [1.807, 2.05) is 18.3 Å². The number of aromatic nitrogens is 3. The van der Waals surface area contributed by atoms with Gasteiger partial charge in [-0.3, -0.25) is 0 Å². The highest BCUT2D eigenvalue weighted by atomic mass is 35.5. The summed E-state index contributed by atoms with van der Waals surface area (Å²) in [7, 11) is 0. The molecule has 7 heteroatoms. The lowest BCUT2D eigenvalue weighted by molar-refractivity contribution is 0.641. The summed E-state index contributed by atoms with van der Waals surface area (Å²) in [5.41, 5.74) is 0. The third-order valence-electron chi connectivity index (χ3n) is 4.41. The molecule has 0 aromatic carbocycles. The third-order valence-corrected chi connectivity index (χ3v) is 5.36. The summed E-state index contributed by atoms with van der Waals surface area (Å²) < 4.78 is 0. The number of aryl methyl sites for hydroxylation is 2. The Kier molecular flexibility index (Phi) is 5.39. The Morgan fingerprint density at radius 1 is 1.08 bits per heavy atom. The second-order valence-corrected chi connectivity index (χ2v) is 7.29. The zero-order valence-corrected chi connectivity index (χ0v) is 16.1. The van der Waals surface area contributed by atoms with Gasteiger partial charge in [0.15, 0.2) is 0 Å². The molecular formula is C18H22ClN5S. The van der Waals surface area contributed by atoms with Gasteiger partial charge in [-0.25, -0.2) is 15.0 Å². The lowest BCUT2D eigenvalue weighted by Gasteiger charge is -2.36. The molecule has 0 N–H and O–H groups in total. The van der Waals surface area contributed by atoms with Crippen molar-refractivity contribution in [2.75, 3.05) is 36.0 Å². The number of rotatable bonds is 3. The highest BCUT2D eigenvalue weighted by molar-refractivity contribution is 7.18. The molecule has 1 aliphatic rings. The van der Waals surface area contributed by atoms with E-state index in [0.717, 1.165) is 54.9 Å². The molecule has 0 amide bonds. The first-order valence-corrected chi connectivity index (χ1v) is 9.24. The van der Waals surface area contributed by atoms with Crippen LogP contribution in [0.1, 0.15) is 17.6 Å². The van der Waals surface area contributed by atoms with Crippen LogP contribution in [-0.4, -0.2) is 41.1 Å². The predicted octanol–water partition coefficient (Wildman–Crippen LogP) is 3.71. The van der Waals surface area contributed by atoms with Crippen LogP contribution in [0, 0.1) is 6.92 Å². The fraction of sp³-hybridized carbons (Fsp3) is 0.389. The van der Waals surface area contributed by atoms with E-state index in [1.54, 1.807) is 11.3 Å². The standard InChI is InChI=1S/C18H21N5S.ClH/c1-3-15-20-17(14-12-13(2)24-18(14)21-15)23-10-8-22(9-11-23)16-6-4-5-7-19-16;/h4-7,12H,3,8-11H2,1-2H3;1H. The summed E-state index contributed by atoms with van der Waals surface area (Å²) >= 11 is 1.76. The van der Waals surface area contributed by atoms with Crippen molar-refractivity contribution in [2.24, 2.45) is 0 Å². The van der Waals surface area contributed by atoms with Crippen molar-refractivity contribution in [3.05, 3.63) is 41.2 Å². The van der Waals surface area contributed by atoms with Gasteiger partial charge >= 0.3 is 0 Å². The SMILES string of the molecule is CCc1nc(N2CCN(c3ccccn3)CC2)c2cc(C)sc2n1.Cl. The van der Waals surface area contributed by atoms with Crippen molar-refractivity contribution in [1.82, 2.24) is 15.0 Å². The smallest absolute Gasteiger partial charge is 0.141 e. The summed E-state index contributed by atoms with van der Waals surface area (Å²) in [4.78, 5) is 21.1. The largest absolute Gasteiger partial charge is 0.353 e. The van der Waals surface area contributed by atoms with Crippen molar-refractivity contribution in [1.29, 1.82) is 0 Å². The van der Waals surface area contributed by atoms with Gasteiger partial charge in [0.25, 0.3) is 0 Å². The Balaban J connectivity index is 0.00000182. The maximum absolute atomic E-state index is 4.84. The van der Waals surface area contributed by atoms with Crippen LogP contribution in [0.5, 0.6) is 0 Å². The van der Waals surface area contributed by atoms with E-state index >= 15 is 0 Å². The van der Waals surface area contributed by atoms with Crippen LogP contribution >= 0.6 is 23.7 Å². The zero-order chi connectivity index (χ0) is 16.5. The number of hydrogen-bond acceptors (Lipinski definition) is 6. The van der Waals surface area contributed by atoms with E-state index in [4.69, 9.17) is 9.97 Å². The topological polar surface area (TPSA) is 45.2 Å². The fourth-order valence-electron chi connectivity index (χ4n) is 3.16. The molecule has 4 heterocycles. The van der Waals surface area contributed by atoms with Crippen molar-refractivity contribution < 1.29 is 0 Å². The number of nitrogens with zero attached hydrogens (tertiary/aromatic N) is 5. The normalized spacial score (nSPS) is 14.6. The third kappa shape index (κ3) is 3.55. The molecule has 0 radical (unpaired) electrons. The van der Waals surface area contributed by atoms with E-state index < -0.39 is 0 Å². The summed E-state index contributed by atoms with van der Waals surface area (Å²) in [5, 5.41) is 1.20. The first-order valence-electron chi connectivity index (χ1n) is 8.42. The first-order chi connectivity index (χ1) is 11.7. The number of hydrogen-bond donors (Lipinski definition) is 0. The average Bonchev–Trinajstić information content (AvgIpc) is 3.02. The fourth-order valence-corrected chi connectivity index (χ4v) is 4.05. The van der Waals surface area contributed by atoms with E-state index in [2.05, 4.69) is 40.8 Å². The Bertz CT molecular complexity index is 843. The second-order valence-electron chi connectivity index (χ2n) is 6.05. The minimum atomic E-state index is 0. The Morgan fingerprint density at radius 2 is 1.84 bits per heavy atom. The number of piperazine rings is 1. The van der Waals surface area contributed by atoms with Gasteiger partial charge in [0.05, 0.1) is 5.39 Å². The monoisotopic (exact) mass is 375 g/mol. The minimum absolute atomic E-state index is 0. The molecule has 0 unspecified atom stereocenters. The number of anilines is 2. The van der Waals surface area contributed by atoms with Crippen LogP contribution in [0.3, 0.4) is 0 Å². The molecule has 0 saturated carbocycles. The van der Waals surface area contributed by atoms with E-state index in [-0.39, 0.29) is 12.4 Å². The van der Waals surface area contributed by atoms with Crippen LogP contribution in [-0.2, 0) is 6.42 Å². The lowest BCUT2D eigenvalue weighted by atomic mass is 10.2. The molecule has 3 aromatic heterocycles. The summed E-state index contributed by atoms with van der Waals surface area (Å²) in [5.74, 6) is 3.10. The summed E-state index contributed by atoms with van der Waals surface area (Å²) in [6.45, 7) is 8.10. The highest BCUT2D eigenvalue weighted by Crippen LogP contribution is 2.31. The van der Waals surface area contributed by atoms with Crippen LogP contribution in [0.2, 0.25) is 0 Å². The maximum atomic E-state index is 4.84. The van der Waals surface area contributed by atoms with Gasteiger partial charge in [-0.1, -0.05) is 13.0 Å². The molecular weight excluding hydrogens is 354 g/mol.